The first-order chi connectivity index (χ1) is 27.8. The number of anilines is 1. The summed E-state index contributed by atoms with van der Waals surface area (Å²) in [5.41, 5.74) is 4.19. The molecule has 3 heterocycles. The van der Waals surface area contributed by atoms with E-state index in [0.717, 1.165) is 29.0 Å². The molecule has 2 aromatic heterocycles. The van der Waals surface area contributed by atoms with Crippen LogP contribution in [0.2, 0.25) is 0 Å². The molecule has 3 rings (SSSR count). The lowest BCUT2D eigenvalue weighted by Gasteiger charge is -2.30. The number of nitrogens with two attached hydrogens (primary N) is 1. The van der Waals surface area contributed by atoms with E-state index in [-0.39, 0.29) is 66.6 Å². The van der Waals surface area contributed by atoms with Gasteiger partial charge in [0, 0.05) is 37.1 Å². The van der Waals surface area contributed by atoms with E-state index in [4.69, 9.17) is 24.6 Å². The number of aromatic nitrogens is 4. The molecule has 1 aliphatic heterocycles. The van der Waals surface area contributed by atoms with Crippen LogP contribution < -0.4 is 16.4 Å². The molecule has 1 saturated heterocycles. The quantitative estimate of drug-likeness (QED) is 0.0318. The zero-order valence-corrected chi connectivity index (χ0v) is 35.2. The van der Waals surface area contributed by atoms with Crippen LogP contribution in [0.1, 0.15) is 45.8 Å². The van der Waals surface area contributed by atoms with Crippen molar-refractivity contribution in [3.63, 3.8) is 0 Å². The van der Waals surface area contributed by atoms with E-state index in [1.54, 1.807) is 0 Å². The van der Waals surface area contributed by atoms with Crippen LogP contribution in [0.3, 0.4) is 0 Å². The number of imidazole rings is 1. The smallest absolute Gasteiger partial charge is 0.481 e. The maximum atomic E-state index is 12.7. The first kappa shape index (κ1) is 51.1. The van der Waals surface area contributed by atoms with Crippen molar-refractivity contribution in [1.82, 2.24) is 30.2 Å². The Morgan fingerprint density at radius 1 is 1.03 bits per heavy atom. The summed E-state index contributed by atoms with van der Waals surface area (Å²) < 4.78 is 62.1. The number of fused-ring (bicyclic) bond motifs is 1. The number of thioether (sulfide) groups is 1. The minimum Gasteiger partial charge on any atom is -0.481 e. The number of aliphatic hydroxyl groups excluding tert-OH is 3. The van der Waals surface area contributed by atoms with Crippen LogP contribution in [-0.2, 0) is 55.5 Å². The number of phosphoric acid groups is 3. The Morgan fingerprint density at radius 2 is 1.72 bits per heavy atom. The van der Waals surface area contributed by atoms with Gasteiger partial charge in [0.2, 0.25) is 16.9 Å². The highest BCUT2D eigenvalue weighted by molar-refractivity contribution is 8.14. The van der Waals surface area contributed by atoms with E-state index in [2.05, 4.69) is 34.4 Å². The summed E-state index contributed by atoms with van der Waals surface area (Å²) in [4.78, 5) is 98.0. The lowest BCUT2D eigenvalue weighted by atomic mass is 9.87. The van der Waals surface area contributed by atoms with Crippen molar-refractivity contribution in [3.8, 4) is 0 Å². The van der Waals surface area contributed by atoms with Gasteiger partial charge in [0.05, 0.1) is 25.6 Å². The highest BCUT2D eigenvalue weighted by Crippen LogP contribution is 2.61. The van der Waals surface area contributed by atoms with Gasteiger partial charge in [0.25, 0.3) is 0 Å². The highest BCUT2D eigenvalue weighted by Gasteiger charge is 2.50. The zero-order valence-electron chi connectivity index (χ0n) is 31.7. The Labute approximate surface area is 344 Å². The fourth-order valence-electron chi connectivity index (χ4n) is 5.06. The van der Waals surface area contributed by atoms with Crippen molar-refractivity contribution in [1.29, 1.82) is 0 Å². The van der Waals surface area contributed by atoms with E-state index in [1.807, 2.05) is 0 Å². The maximum absolute atomic E-state index is 12.7. The summed E-state index contributed by atoms with van der Waals surface area (Å²) >= 11 is 0.878. The van der Waals surface area contributed by atoms with Gasteiger partial charge >= 0.3 is 29.4 Å². The number of phosphoric ester groups is 3. The fraction of sp³-hybridized carbons (Fsp3) is 0.621. The predicted octanol–water partition coefficient (Wildman–Crippen LogP) is -1.16. The van der Waals surface area contributed by atoms with Gasteiger partial charge in [-0.15, -0.1) is 0 Å². The van der Waals surface area contributed by atoms with Crippen molar-refractivity contribution in [3.05, 3.63) is 24.8 Å². The molecule has 0 spiro atoms. The SMILES string of the molecule is CC(C)(COP(=O)(O)OP(=O)(O)OCC1OC(n2cnc3c(N)ncnc32)C(O)C1OP(=O)(O)O)C(O)C(=O)NCCC(=O)NCCSC(=O)/C=C/CC(O)CCC(=O)O. The van der Waals surface area contributed by atoms with Crippen molar-refractivity contribution in [2.45, 2.75) is 76.3 Å². The third-order valence-electron chi connectivity index (χ3n) is 8.10. The van der Waals surface area contributed by atoms with E-state index < -0.39 is 96.6 Å². The summed E-state index contributed by atoms with van der Waals surface area (Å²) in [6, 6.07) is 0. The third-order valence-corrected chi connectivity index (χ3v) is 12.0. The monoisotopic (exact) mass is 937 g/mol. The molecule has 12 N–H and O–H groups in total. The van der Waals surface area contributed by atoms with Gasteiger partial charge in [0.1, 0.15) is 36.3 Å². The Morgan fingerprint density at radius 3 is 2.38 bits per heavy atom. The van der Waals surface area contributed by atoms with Crippen LogP contribution in [0, 0.1) is 5.41 Å². The van der Waals surface area contributed by atoms with Crippen molar-refractivity contribution in [2.24, 2.45) is 5.41 Å². The van der Waals surface area contributed by atoms with Gasteiger partial charge in [-0.3, -0.25) is 37.3 Å². The van der Waals surface area contributed by atoms with Gasteiger partial charge in [-0.1, -0.05) is 31.7 Å². The summed E-state index contributed by atoms with van der Waals surface area (Å²) in [6.07, 6.45) is -5.46. The topological polar surface area (TPSA) is 421 Å². The molecule has 0 radical (unpaired) electrons. The molecule has 8 unspecified atom stereocenters. The van der Waals surface area contributed by atoms with E-state index in [0.29, 0.717) is 0 Å². The fourth-order valence-corrected chi connectivity index (χ4v) is 8.49. The largest absolute Gasteiger partial charge is 0.481 e. The second-order valence-corrected chi connectivity index (χ2v) is 18.8. The van der Waals surface area contributed by atoms with Crippen LogP contribution in [0.5, 0.6) is 0 Å². The number of carboxylic acids is 1. The predicted molar refractivity (Wildman–Crippen MR) is 204 cm³/mol. The number of carbonyl (C=O) groups is 4. The molecule has 60 heavy (non-hydrogen) atoms. The summed E-state index contributed by atoms with van der Waals surface area (Å²) in [6.45, 7) is 0.199. The third kappa shape index (κ3) is 16.5. The molecule has 2 aromatic rings. The van der Waals surface area contributed by atoms with E-state index in [1.165, 1.54) is 26.0 Å². The number of nitrogens with one attached hydrogen (secondary N) is 2. The van der Waals surface area contributed by atoms with Crippen LogP contribution in [-0.4, -0.2) is 145 Å². The lowest BCUT2D eigenvalue weighted by Crippen LogP contribution is -2.46. The number of aliphatic carboxylic acids is 1. The highest BCUT2D eigenvalue weighted by atomic mass is 32.2. The number of amides is 2. The lowest BCUT2D eigenvalue weighted by molar-refractivity contribution is -0.138. The van der Waals surface area contributed by atoms with Gasteiger partial charge in [-0.2, -0.15) is 4.31 Å². The minimum atomic E-state index is -5.60. The average molecular weight is 938 g/mol. The minimum absolute atomic E-state index is 0.0169. The Hall–Kier alpha value is -3.27. The normalized spacial score (nSPS) is 21.6. The number of hydrogen-bond acceptors (Lipinski definition) is 20. The number of rotatable bonds is 25. The summed E-state index contributed by atoms with van der Waals surface area (Å²) in [7, 11) is -16.5. The van der Waals surface area contributed by atoms with E-state index >= 15 is 0 Å². The number of hydrogen-bond donors (Lipinski definition) is 11. The molecule has 1 aliphatic rings. The first-order valence-corrected chi connectivity index (χ1v) is 22.9. The second-order valence-electron chi connectivity index (χ2n) is 13.5. The van der Waals surface area contributed by atoms with Gasteiger partial charge in [-0.25, -0.2) is 28.6 Å². The van der Waals surface area contributed by atoms with Gasteiger partial charge in [0.15, 0.2) is 17.7 Å². The number of nitrogens with zero attached hydrogens (tertiary/aromatic N) is 4. The van der Waals surface area contributed by atoms with Crippen molar-refractivity contribution in [2.75, 3.05) is 37.8 Å². The molecule has 0 aromatic carbocycles. The molecule has 1 fully saturated rings. The summed E-state index contributed by atoms with van der Waals surface area (Å²) in [5.74, 6) is -2.45. The maximum Gasteiger partial charge on any atom is 0.481 e. The Balaban J connectivity index is 1.43. The van der Waals surface area contributed by atoms with E-state index in [9.17, 15) is 67.8 Å². The summed E-state index contributed by atoms with van der Waals surface area (Å²) in [5, 5.41) is 44.2. The molecular weight excluding hydrogens is 891 g/mol. The number of carbonyl (C=O) groups excluding carboxylic acids is 3. The molecule has 0 aliphatic carbocycles. The molecule has 338 valence electrons. The average Bonchev–Trinajstić information content (AvgIpc) is 3.70. The van der Waals surface area contributed by atoms with Crippen molar-refractivity contribution < 1.29 is 95.5 Å². The van der Waals surface area contributed by atoms with Crippen LogP contribution in [0.25, 0.3) is 11.2 Å². The number of carboxylic acid groups (broad SMARTS) is 1. The van der Waals surface area contributed by atoms with Crippen LogP contribution >= 0.6 is 35.2 Å². The molecule has 27 nitrogen and oxygen atoms in total. The molecule has 8 atom stereocenters. The molecule has 0 saturated carbocycles. The van der Waals surface area contributed by atoms with Gasteiger partial charge in [-0.05, 0) is 18.9 Å². The van der Waals surface area contributed by atoms with Crippen molar-refractivity contribution >= 4 is 75.1 Å². The van der Waals surface area contributed by atoms with Gasteiger partial charge < -0.3 is 61.1 Å². The number of aliphatic hydroxyl groups is 3. The van der Waals surface area contributed by atoms with Crippen LogP contribution in [0.4, 0.5) is 5.82 Å². The first-order valence-electron chi connectivity index (χ1n) is 17.4. The molecule has 2 amide bonds. The molecular formula is C29H46N7O20P3S. The Bertz CT molecular complexity index is 2000. The Kier molecular flexibility index (Phi) is 18.9. The second kappa shape index (κ2) is 22.2. The zero-order chi connectivity index (χ0) is 45.1. The number of ether oxygens (including phenoxy) is 1. The molecule has 0 bridgehead atoms. The molecule has 31 heteroatoms. The standard InChI is InChI=1S/C29H46N7O20P3S/c1-29(2,24(43)27(44)32-9-8-18(38)31-10-11-60-20(41)5-3-4-16(37)6-7-19(39)40)13-53-59(50,51)56-58(48,49)52-12-17-23(55-57(45,46)47)22(42)28(54-17)36-15-35-21-25(30)33-14-34-26(21)36/h3,5,14-17,22-24,28,37,42-43H,4,6-13H2,1-2H3,(H,31,38)(H,32,44)(H,39,40)(H,48,49)(H,50,51)(H2,30,33,34)(H2,45,46,47)/b5-3+. The number of nitrogen functional groups attached to an aromatic ring is 1. The van der Waals surface area contributed by atoms with Crippen LogP contribution in [0.15, 0.2) is 24.8 Å².